The van der Waals surface area contributed by atoms with Crippen molar-refractivity contribution in [3.8, 4) is 6.07 Å². The Morgan fingerprint density at radius 2 is 1.64 bits per heavy atom. The number of nitriles is 1. The summed E-state index contributed by atoms with van der Waals surface area (Å²) in [7, 11) is 0. The van der Waals surface area contributed by atoms with Crippen LogP contribution in [0.2, 0.25) is 0 Å². The zero-order valence-corrected chi connectivity index (χ0v) is 17.8. The van der Waals surface area contributed by atoms with Crippen LogP contribution >= 0.6 is 0 Å². The fourth-order valence-electron chi connectivity index (χ4n) is 4.77. The normalized spacial score (nSPS) is 28.4. The quantitative estimate of drug-likeness (QED) is 0.178. The number of esters is 1. The van der Waals surface area contributed by atoms with Crippen molar-refractivity contribution in [1.29, 1.82) is 5.26 Å². The summed E-state index contributed by atoms with van der Waals surface area (Å²) in [5.41, 5.74) is 0. The SMILES string of the molecule is CCCCCC1CCC(C(=O)OC2CCC(CCC=CC=CC#N)CC2)CC1. The smallest absolute Gasteiger partial charge is 0.309 e. The molecule has 0 aliphatic heterocycles. The topological polar surface area (TPSA) is 50.1 Å². The molecule has 0 aromatic carbocycles. The molecule has 0 saturated heterocycles. The van der Waals surface area contributed by atoms with Gasteiger partial charge in [-0.2, -0.15) is 5.26 Å². The van der Waals surface area contributed by atoms with Crippen molar-refractivity contribution < 1.29 is 9.53 Å². The van der Waals surface area contributed by atoms with E-state index in [1.54, 1.807) is 6.08 Å². The van der Waals surface area contributed by atoms with Crippen LogP contribution in [0.15, 0.2) is 24.3 Å². The van der Waals surface area contributed by atoms with Crippen LogP contribution < -0.4 is 0 Å². The van der Waals surface area contributed by atoms with E-state index in [2.05, 4.69) is 13.0 Å². The molecule has 0 aromatic heterocycles. The van der Waals surface area contributed by atoms with Gasteiger partial charge in [0.05, 0.1) is 12.0 Å². The van der Waals surface area contributed by atoms with Gasteiger partial charge in [0.25, 0.3) is 0 Å². The first-order chi connectivity index (χ1) is 13.7. The van der Waals surface area contributed by atoms with Crippen molar-refractivity contribution in [2.24, 2.45) is 17.8 Å². The summed E-state index contributed by atoms with van der Waals surface area (Å²) in [5, 5.41) is 8.44. The Morgan fingerprint density at radius 3 is 2.32 bits per heavy atom. The first-order valence-electron chi connectivity index (χ1n) is 11.6. The van der Waals surface area contributed by atoms with Crippen LogP contribution in [0.5, 0.6) is 0 Å². The average Bonchev–Trinajstić information content (AvgIpc) is 2.72. The molecule has 0 heterocycles. The van der Waals surface area contributed by atoms with Crippen LogP contribution in [0.1, 0.15) is 96.8 Å². The lowest BCUT2D eigenvalue weighted by atomic mass is 9.79. The van der Waals surface area contributed by atoms with E-state index in [0.717, 1.165) is 43.9 Å². The third kappa shape index (κ3) is 8.63. The molecular weight excluding hydrogens is 346 g/mol. The van der Waals surface area contributed by atoms with Gasteiger partial charge < -0.3 is 4.74 Å². The highest BCUT2D eigenvalue weighted by Gasteiger charge is 2.30. The number of hydrogen-bond donors (Lipinski definition) is 0. The molecule has 0 unspecified atom stereocenters. The van der Waals surface area contributed by atoms with Crippen molar-refractivity contribution in [2.45, 2.75) is 103 Å². The van der Waals surface area contributed by atoms with Gasteiger partial charge in [-0.25, -0.2) is 0 Å². The minimum atomic E-state index is 0.0858. The molecule has 3 nitrogen and oxygen atoms in total. The summed E-state index contributed by atoms with van der Waals surface area (Å²) < 4.78 is 5.89. The molecule has 2 saturated carbocycles. The Balaban J connectivity index is 1.57. The van der Waals surface area contributed by atoms with Crippen LogP contribution in [0.4, 0.5) is 0 Å². The maximum Gasteiger partial charge on any atom is 0.309 e. The van der Waals surface area contributed by atoms with E-state index < -0.39 is 0 Å². The first-order valence-corrected chi connectivity index (χ1v) is 11.6. The van der Waals surface area contributed by atoms with Gasteiger partial charge in [0.2, 0.25) is 0 Å². The molecule has 0 bridgehead atoms. The summed E-state index contributed by atoms with van der Waals surface area (Å²) in [6.45, 7) is 2.26. The van der Waals surface area contributed by atoms with Crippen molar-refractivity contribution in [2.75, 3.05) is 0 Å². The molecule has 3 heteroatoms. The summed E-state index contributed by atoms with van der Waals surface area (Å²) in [5.74, 6) is 1.84. The predicted octanol–water partition coefficient (Wildman–Crippen LogP) is 6.89. The van der Waals surface area contributed by atoms with E-state index in [-0.39, 0.29) is 18.0 Å². The van der Waals surface area contributed by atoms with Crippen LogP contribution in [-0.2, 0) is 9.53 Å². The molecule has 2 aliphatic carbocycles. The van der Waals surface area contributed by atoms with Gasteiger partial charge in [0.15, 0.2) is 0 Å². The number of ether oxygens (including phenoxy) is 1. The van der Waals surface area contributed by atoms with E-state index in [1.165, 1.54) is 63.9 Å². The van der Waals surface area contributed by atoms with Crippen molar-refractivity contribution in [3.63, 3.8) is 0 Å². The van der Waals surface area contributed by atoms with Gasteiger partial charge in [-0.3, -0.25) is 4.79 Å². The summed E-state index contributed by atoms with van der Waals surface area (Å²) in [4.78, 5) is 12.6. The fraction of sp³-hybridized carbons (Fsp3) is 0.760. The lowest BCUT2D eigenvalue weighted by Crippen LogP contribution is -2.30. The second kappa shape index (κ2) is 13.6. The van der Waals surface area contributed by atoms with Crippen molar-refractivity contribution in [1.82, 2.24) is 0 Å². The maximum absolute atomic E-state index is 12.6. The molecule has 0 radical (unpaired) electrons. The standard InChI is InChI=1S/C25H39NO2/c1-2-3-7-10-21-12-16-23(17-13-21)25(27)28-24-18-14-22(15-19-24)11-8-5-4-6-9-20-26/h4-6,9,21-24H,2-3,7-8,10-19H2,1H3. The van der Waals surface area contributed by atoms with Crippen LogP contribution in [0.3, 0.4) is 0 Å². The molecule has 0 atom stereocenters. The Hall–Kier alpha value is -1.56. The highest BCUT2D eigenvalue weighted by molar-refractivity contribution is 5.72. The van der Waals surface area contributed by atoms with E-state index in [4.69, 9.17) is 10.00 Å². The molecule has 0 spiro atoms. The van der Waals surface area contributed by atoms with E-state index in [9.17, 15) is 4.79 Å². The van der Waals surface area contributed by atoms with Gasteiger partial charge in [-0.05, 0) is 76.0 Å². The predicted molar refractivity (Wildman–Crippen MR) is 115 cm³/mol. The minimum absolute atomic E-state index is 0.0858. The number of allylic oxidation sites excluding steroid dienone is 4. The van der Waals surface area contributed by atoms with E-state index >= 15 is 0 Å². The average molecular weight is 386 g/mol. The third-order valence-corrected chi connectivity index (χ3v) is 6.63. The second-order valence-electron chi connectivity index (χ2n) is 8.79. The number of carbonyl (C=O) groups is 1. The Labute approximate surface area is 172 Å². The Morgan fingerprint density at radius 1 is 0.964 bits per heavy atom. The molecule has 0 aromatic rings. The maximum atomic E-state index is 12.6. The number of nitrogens with zero attached hydrogens (tertiary/aromatic N) is 1. The van der Waals surface area contributed by atoms with E-state index in [1.807, 2.05) is 12.1 Å². The highest BCUT2D eigenvalue weighted by Crippen LogP contribution is 2.34. The van der Waals surface area contributed by atoms with Crippen LogP contribution in [0, 0.1) is 29.1 Å². The monoisotopic (exact) mass is 385 g/mol. The largest absolute Gasteiger partial charge is 0.462 e. The van der Waals surface area contributed by atoms with Crippen molar-refractivity contribution >= 4 is 5.97 Å². The lowest BCUT2D eigenvalue weighted by Gasteiger charge is -2.31. The molecule has 0 N–H and O–H groups in total. The van der Waals surface area contributed by atoms with Gasteiger partial charge in [-0.15, -0.1) is 0 Å². The molecule has 2 fully saturated rings. The van der Waals surface area contributed by atoms with Crippen molar-refractivity contribution in [3.05, 3.63) is 24.3 Å². The van der Waals surface area contributed by atoms with Gasteiger partial charge in [-0.1, -0.05) is 50.8 Å². The number of rotatable bonds is 10. The third-order valence-electron chi connectivity index (χ3n) is 6.63. The summed E-state index contributed by atoms with van der Waals surface area (Å²) in [6, 6.07) is 1.99. The second-order valence-corrected chi connectivity index (χ2v) is 8.79. The number of unbranched alkanes of at least 4 members (excludes halogenated alkanes) is 2. The van der Waals surface area contributed by atoms with Gasteiger partial charge in [0.1, 0.15) is 6.10 Å². The lowest BCUT2D eigenvalue weighted by molar-refractivity contribution is -0.157. The number of carbonyl (C=O) groups excluding carboxylic acids is 1. The fourth-order valence-corrected chi connectivity index (χ4v) is 4.77. The van der Waals surface area contributed by atoms with Gasteiger partial charge >= 0.3 is 5.97 Å². The van der Waals surface area contributed by atoms with Crippen LogP contribution in [-0.4, -0.2) is 12.1 Å². The zero-order valence-electron chi connectivity index (χ0n) is 17.8. The van der Waals surface area contributed by atoms with E-state index in [0.29, 0.717) is 0 Å². The van der Waals surface area contributed by atoms with Crippen LogP contribution in [0.25, 0.3) is 0 Å². The summed E-state index contributed by atoms with van der Waals surface area (Å²) >= 11 is 0. The highest BCUT2D eigenvalue weighted by atomic mass is 16.5. The first kappa shape index (κ1) is 22.7. The minimum Gasteiger partial charge on any atom is -0.462 e. The zero-order chi connectivity index (χ0) is 20.0. The molecular formula is C25H39NO2. The summed E-state index contributed by atoms with van der Waals surface area (Å²) in [6.07, 6.45) is 24.0. The molecule has 0 amide bonds. The molecule has 28 heavy (non-hydrogen) atoms. The Bertz CT molecular complexity index is 529. The van der Waals surface area contributed by atoms with Gasteiger partial charge in [0, 0.05) is 6.08 Å². The number of hydrogen-bond acceptors (Lipinski definition) is 3. The molecule has 156 valence electrons. The molecule has 2 aliphatic rings. The Kier molecular flexibility index (Phi) is 11.0. The molecule has 2 rings (SSSR count).